The Morgan fingerprint density at radius 2 is 1.95 bits per heavy atom. The summed E-state index contributed by atoms with van der Waals surface area (Å²) >= 11 is 6.10. The number of nitrogens with one attached hydrogen (secondary N) is 1. The van der Waals surface area contributed by atoms with Gasteiger partial charge >= 0.3 is 0 Å². The van der Waals surface area contributed by atoms with E-state index in [1.54, 1.807) is 31.4 Å². The van der Waals surface area contributed by atoms with E-state index < -0.39 is 0 Å². The average molecular weight is 294 g/mol. The molecular weight excluding hydrogens is 277 g/mol. The molecule has 2 rings (SSSR count). The van der Waals surface area contributed by atoms with Gasteiger partial charge in [-0.05, 0) is 49.4 Å². The van der Waals surface area contributed by atoms with Gasteiger partial charge in [0.1, 0.15) is 11.6 Å². The van der Waals surface area contributed by atoms with Crippen LogP contribution < -0.4 is 10.1 Å². The minimum absolute atomic E-state index is 0.156. The summed E-state index contributed by atoms with van der Waals surface area (Å²) in [6.07, 6.45) is 0. The number of hydrogen-bond acceptors (Lipinski definition) is 2. The molecule has 106 valence electrons. The standard InChI is InChI=1S/C16H17ClFNO/c1-10(19-2)11-4-6-15(18)13(8-11)12-5-7-16(20-3)14(17)9-12/h4-10,19H,1-3H3. The Kier molecular flexibility index (Phi) is 4.63. The maximum absolute atomic E-state index is 14.0. The van der Waals surface area contributed by atoms with Crippen LogP contribution in [0.5, 0.6) is 5.75 Å². The third kappa shape index (κ3) is 2.94. The number of rotatable bonds is 4. The molecule has 0 saturated heterocycles. The van der Waals surface area contributed by atoms with E-state index in [0.717, 1.165) is 11.1 Å². The quantitative estimate of drug-likeness (QED) is 0.900. The van der Waals surface area contributed by atoms with Gasteiger partial charge in [0.05, 0.1) is 12.1 Å². The molecule has 0 bridgehead atoms. The van der Waals surface area contributed by atoms with Gasteiger partial charge in [-0.25, -0.2) is 4.39 Å². The Morgan fingerprint density at radius 3 is 2.55 bits per heavy atom. The molecule has 0 spiro atoms. The molecule has 0 radical (unpaired) electrons. The van der Waals surface area contributed by atoms with Crippen LogP contribution in [0.25, 0.3) is 11.1 Å². The van der Waals surface area contributed by atoms with Crippen molar-refractivity contribution in [2.45, 2.75) is 13.0 Å². The highest BCUT2D eigenvalue weighted by Gasteiger charge is 2.11. The first kappa shape index (κ1) is 14.8. The van der Waals surface area contributed by atoms with Crippen LogP contribution in [0.15, 0.2) is 36.4 Å². The summed E-state index contributed by atoms with van der Waals surface area (Å²) < 4.78 is 19.2. The van der Waals surface area contributed by atoms with Crippen molar-refractivity contribution in [1.82, 2.24) is 5.32 Å². The van der Waals surface area contributed by atoms with Crippen LogP contribution in [-0.2, 0) is 0 Å². The van der Waals surface area contributed by atoms with Gasteiger partial charge in [0.25, 0.3) is 0 Å². The molecule has 0 aromatic heterocycles. The first-order valence-electron chi connectivity index (χ1n) is 6.37. The van der Waals surface area contributed by atoms with Gasteiger partial charge < -0.3 is 10.1 Å². The lowest BCUT2D eigenvalue weighted by Gasteiger charge is -2.13. The number of halogens is 2. The predicted octanol–water partition coefficient (Wildman–Crippen LogP) is 4.44. The minimum Gasteiger partial charge on any atom is -0.495 e. The predicted molar refractivity (Wildman–Crippen MR) is 80.9 cm³/mol. The fourth-order valence-corrected chi connectivity index (χ4v) is 2.29. The number of benzene rings is 2. The van der Waals surface area contributed by atoms with Crippen molar-refractivity contribution in [1.29, 1.82) is 0 Å². The Balaban J connectivity index is 2.48. The van der Waals surface area contributed by atoms with Crippen molar-refractivity contribution in [2.75, 3.05) is 14.2 Å². The molecule has 2 aromatic carbocycles. The molecule has 0 aliphatic rings. The van der Waals surface area contributed by atoms with Crippen LogP contribution in [0.4, 0.5) is 4.39 Å². The minimum atomic E-state index is -0.265. The summed E-state index contributed by atoms with van der Waals surface area (Å²) in [6, 6.07) is 10.5. The van der Waals surface area contributed by atoms with Gasteiger partial charge in [-0.3, -0.25) is 0 Å². The first-order valence-corrected chi connectivity index (χ1v) is 6.75. The molecule has 0 fully saturated rings. The van der Waals surface area contributed by atoms with E-state index in [4.69, 9.17) is 16.3 Å². The number of methoxy groups -OCH3 is 1. The first-order chi connectivity index (χ1) is 9.56. The monoisotopic (exact) mass is 293 g/mol. The van der Waals surface area contributed by atoms with Crippen molar-refractivity contribution in [3.05, 3.63) is 52.8 Å². The van der Waals surface area contributed by atoms with Gasteiger partial charge in [0.2, 0.25) is 0 Å². The van der Waals surface area contributed by atoms with E-state index in [9.17, 15) is 4.39 Å². The summed E-state index contributed by atoms with van der Waals surface area (Å²) in [5.41, 5.74) is 2.29. The normalized spacial score (nSPS) is 12.2. The molecule has 2 nitrogen and oxygen atoms in total. The second-order valence-corrected chi connectivity index (χ2v) is 5.01. The Bertz CT molecular complexity index is 615. The fraction of sp³-hybridized carbons (Fsp3) is 0.250. The van der Waals surface area contributed by atoms with Gasteiger partial charge in [0, 0.05) is 11.6 Å². The second kappa shape index (κ2) is 6.25. The van der Waals surface area contributed by atoms with Crippen LogP contribution in [0, 0.1) is 5.82 Å². The maximum Gasteiger partial charge on any atom is 0.137 e. The van der Waals surface area contributed by atoms with Crippen LogP contribution >= 0.6 is 11.6 Å². The number of hydrogen-bond donors (Lipinski definition) is 1. The summed E-state index contributed by atoms with van der Waals surface area (Å²) in [4.78, 5) is 0. The van der Waals surface area contributed by atoms with E-state index in [0.29, 0.717) is 16.3 Å². The van der Waals surface area contributed by atoms with Crippen molar-refractivity contribution in [3.8, 4) is 16.9 Å². The second-order valence-electron chi connectivity index (χ2n) is 4.60. The molecule has 0 aliphatic heterocycles. The van der Waals surface area contributed by atoms with Gasteiger partial charge in [-0.2, -0.15) is 0 Å². The van der Waals surface area contributed by atoms with E-state index >= 15 is 0 Å². The van der Waals surface area contributed by atoms with Crippen molar-refractivity contribution < 1.29 is 9.13 Å². The van der Waals surface area contributed by atoms with Crippen LogP contribution in [0.1, 0.15) is 18.5 Å². The summed E-state index contributed by atoms with van der Waals surface area (Å²) in [6.45, 7) is 2.03. The molecule has 1 N–H and O–H groups in total. The third-order valence-electron chi connectivity index (χ3n) is 3.39. The highest BCUT2D eigenvalue weighted by atomic mass is 35.5. The lowest BCUT2D eigenvalue weighted by Crippen LogP contribution is -2.12. The van der Waals surface area contributed by atoms with E-state index in [1.165, 1.54) is 6.07 Å². The molecule has 1 unspecified atom stereocenters. The lowest BCUT2D eigenvalue weighted by molar-refractivity contribution is 0.415. The van der Waals surface area contributed by atoms with Crippen LogP contribution in [0.2, 0.25) is 5.02 Å². The molecule has 20 heavy (non-hydrogen) atoms. The Morgan fingerprint density at radius 1 is 1.20 bits per heavy atom. The number of ether oxygens (including phenoxy) is 1. The highest BCUT2D eigenvalue weighted by molar-refractivity contribution is 6.32. The molecule has 2 aromatic rings. The SMILES string of the molecule is CNC(C)c1ccc(F)c(-c2ccc(OC)c(Cl)c2)c1. The van der Waals surface area contributed by atoms with Crippen molar-refractivity contribution >= 4 is 11.6 Å². The van der Waals surface area contributed by atoms with E-state index in [-0.39, 0.29) is 11.9 Å². The topological polar surface area (TPSA) is 21.3 Å². The smallest absolute Gasteiger partial charge is 0.137 e. The molecule has 0 heterocycles. The largest absolute Gasteiger partial charge is 0.495 e. The van der Waals surface area contributed by atoms with Gasteiger partial charge in [0.15, 0.2) is 0 Å². The molecule has 4 heteroatoms. The molecule has 0 amide bonds. The lowest BCUT2D eigenvalue weighted by atomic mass is 9.99. The molecule has 0 saturated carbocycles. The van der Waals surface area contributed by atoms with Crippen molar-refractivity contribution in [2.24, 2.45) is 0 Å². The summed E-state index contributed by atoms with van der Waals surface area (Å²) in [5, 5.41) is 3.61. The zero-order chi connectivity index (χ0) is 14.7. The van der Waals surface area contributed by atoms with Gasteiger partial charge in [-0.1, -0.05) is 23.7 Å². The van der Waals surface area contributed by atoms with Gasteiger partial charge in [-0.15, -0.1) is 0 Å². The molecule has 1 atom stereocenters. The van der Waals surface area contributed by atoms with Crippen molar-refractivity contribution in [3.63, 3.8) is 0 Å². The Labute approximate surface area is 123 Å². The molecule has 0 aliphatic carbocycles. The average Bonchev–Trinajstić information content (AvgIpc) is 2.46. The van der Waals surface area contributed by atoms with Crippen LogP contribution in [-0.4, -0.2) is 14.2 Å². The Hall–Kier alpha value is -1.58. The maximum atomic E-state index is 14.0. The summed E-state index contributed by atoms with van der Waals surface area (Å²) in [5.74, 6) is 0.314. The van der Waals surface area contributed by atoms with E-state index in [1.807, 2.05) is 20.0 Å². The fourth-order valence-electron chi connectivity index (χ4n) is 2.03. The molecular formula is C16H17ClFNO. The zero-order valence-electron chi connectivity index (χ0n) is 11.7. The van der Waals surface area contributed by atoms with E-state index in [2.05, 4.69) is 5.32 Å². The van der Waals surface area contributed by atoms with Crippen LogP contribution in [0.3, 0.4) is 0 Å². The third-order valence-corrected chi connectivity index (χ3v) is 3.68. The zero-order valence-corrected chi connectivity index (χ0v) is 12.5. The highest BCUT2D eigenvalue weighted by Crippen LogP contribution is 2.32. The summed E-state index contributed by atoms with van der Waals surface area (Å²) in [7, 11) is 3.43.